The molecule has 0 heterocycles. The summed E-state index contributed by atoms with van der Waals surface area (Å²) in [5, 5.41) is 19.1. The van der Waals surface area contributed by atoms with Crippen LogP contribution in [0.25, 0.3) is 0 Å². The van der Waals surface area contributed by atoms with Crippen LogP contribution in [-0.4, -0.2) is 46.2 Å². The maximum absolute atomic E-state index is 12.3. The number of aliphatic hydroxyl groups excluding tert-OH is 1. The molecule has 0 aromatic rings. The van der Waals surface area contributed by atoms with E-state index in [9.17, 15) is 14.7 Å². The molecule has 5 nitrogen and oxygen atoms in total. The molecular formula is C20H37NO4. The van der Waals surface area contributed by atoms with Crippen LogP contribution in [0, 0.1) is 5.92 Å². The Morgan fingerprint density at radius 2 is 1.68 bits per heavy atom. The highest BCUT2D eigenvalue weighted by atomic mass is 16.4. The van der Waals surface area contributed by atoms with Crippen molar-refractivity contribution in [1.82, 2.24) is 4.90 Å². The molecule has 0 aromatic heterocycles. The second-order valence-electron chi connectivity index (χ2n) is 7.44. The van der Waals surface area contributed by atoms with Crippen LogP contribution in [0.15, 0.2) is 0 Å². The Bertz CT molecular complexity index is 380. The summed E-state index contributed by atoms with van der Waals surface area (Å²) < 4.78 is 0. The van der Waals surface area contributed by atoms with Crippen molar-refractivity contribution >= 4 is 11.9 Å². The Morgan fingerprint density at radius 1 is 1.00 bits per heavy atom. The molecule has 1 aliphatic rings. The first-order valence-corrected chi connectivity index (χ1v) is 10.2. The van der Waals surface area contributed by atoms with Gasteiger partial charge in [-0.15, -0.1) is 0 Å². The summed E-state index contributed by atoms with van der Waals surface area (Å²) in [7, 11) is 0. The smallest absolute Gasteiger partial charge is 0.303 e. The van der Waals surface area contributed by atoms with Crippen molar-refractivity contribution < 1.29 is 19.8 Å². The minimum atomic E-state index is -0.739. The van der Waals surface area contributed by atoms with Crippen LogP contribution in [0.5, 0.6) is 0 Å². The van der Waals surface area contributed by atoms with E-state index in [2.05, 4.69) is 0 Å². The number of unbranched alkanes of at least 4 members (excludes halogenated alkanes) is 3. The lowest BCUT2D eigenvalue weighted by molar-refractivity contribution is -0.137. The molecule has 0 aliphatic heterocycles. The van der Waals surface area contributed by atoms with Crippen LogP contribution in [0.2, 0.25) is 0 Å². The van der Waals surface area contributed by atoms with E-state index in [1.54, 1.807) is 0 Å². The number of carboxylic acids is 1. The van der Waals surface area contributed by atoms with Crippen LogP contribution < -0.4 is 0 Å². The van der Waals surface area contributed by atoms with Crippen LogP contribution in [-0.2, 0) is 9.59 Å². The number of rotatable bonds is 13. The number of carbonyl (C=O) groups is 2. The molecule has 25 heavy (non-hydrogen) atoms. The van der Waals surface area contributed by atoms with Gasteiger partial charge in [-0.1, -0.05) is 39.0 Å². The second-order valence-corrected chi connectivity index (χ2v) is 7.44. The zero-order valence-corrected chi connectivity index (χ0v) is 15.9. The van der Waals surface area contributed by atoms with E-state index in [-0.39, 0.29) is 18.4 Å². The van der Waals surface area contributed by atoms with Crippen molar-refractivity contribution in [1.29, 1.82) is 0 Å². The van der Waals surface area contributed by atoms with E-state index in [1.807, 2.05) is 11.8 Å². The zero-order valence-electron chi connectivity index (χ0n) is 15.9. The number of nitrogens with zero attached hydrogens (tertiary/aromatic N) is 1. The van der Waals surface area contributed by atoms with Gasteiger partial charge >= 0.3 is 5.97 Å². The molecule has 0 saturated heterocycles. The highest BCUT2D eigenvalue weighted by molar-refractivity contribution is 5.76. The maximum atomic E-state index is 12.3. The van der Waals surface area contributed by atoms with Gasteiger partial charge in [-0.25, -0.2) is 0 Å². The van der Waals surface area contributed by atoms with Gasteiger partial charge in [0.1, 0.15) is 0 Å². The molecule has 0 unspecified atom stereocenters. The lowest BCUT2D eigenvalue weighted by Gasteiger charge is -2.29. The highest BCUT2D eigenvalue weighted by Crippen LogP contribution is 2.27. The molecule has 5 heteroatoms. The van der Waals surface area contributed by atoms with Gasteiger partial charge in [0.2, 0.25) is 5.91 Å². The molecule has 1 saturated carbocycles. The Kier molecular flexibility index (Phi) is 11.5. The SMILES string of the molecule is CCCC(=O)N(CCCCCCC(=O)O)CC[C@@H](O)C1CCCCC1. The Hall–Kier alpha value is -1.10. The van der Waals surface area contributed by atoms with Gasteiger partial charge in [0.15, 0.2) is 0 Å². The number of aliphatic carboxylic acids is 1. The first-order chi connectivity index (χ1) is 12.0. The van der Waals surface area contributed by atoms with E-state index in [0.29, 0.717) is 31.7 Å². The Labute approximate surface area is 152 Å². The van der Waals surface area contributed by atoms with Crippen LogP contribution >= 0.6 is 0 Å². The maximum Gasteiger partial charge on any atom is 0.303 e. The average molecular weight is 356 g/mol. The molecular weight excluding hydrogens is 318 g/mol. The van der Waals surface area contributed by atoms with Crippen LogP contribution in [0.3, 0.4) is 0 Å². The fourth-order valence-electron chi connectivity index (χ4n) is 3.71. The number of hydrogen-bond donors (Lipinski definition) is 2. The molecule has 1 fully saturated rings. The normalized spacial score (nSPS) is 16.6. The predicted octanol–water partition coefficient (Wildman–Crippen LogP) is 3.98. The first-order valence-electron chi connectivity index (χ1n) is 10.2. The summed E-state index contributed by atoms with van der Waals surface area (Å²) in [6.07, 6.45) is 11.5. The molecule has 1 amide bonds. The first kappa shape index (κ1) is 21.9. The number of aliphatic hydroxyl groups is 1. The minimum absolute atomic E-state index is 0.184. The van der Waals surface area contributed by atoms with Gasteiger partial charge in [-0.3, -0.25) is 9.59 Å². The van der Waals surface area contributed by atoms with Crippen molar-refractivity contribution in [3.8, 4) is 0 Å². The molecule has 0 aromatic carbocycles. The fourth-order valence-corrected chi connectivity index (χ4v) is 3.71. The molecule has 0 spiro atoms. The Morgan fingerprint density at radius 3 is 2.32 bits per heavy atom. The largest absolute Gasteiger partial charge is 0.481 e. The molecule has 146 valence electrons. The molecule has 0 bridgehead atoms. The summed E-state index contributed by atoms with van der Waals surface area (Å²) in [4.78, 5) is 24.7. The Balaban J connectivity index is 2.31. The van der Waals surface area contributed by atoms with Gasteiger partial charge in [0.25, 0.3) is 0 Å². The number of hydrogen-bond acceptors (Lipinski definition) is 3. The number of carboxylic acid groups (broad SMARTS) is 1. The van der Waals surface area contributed by atoms with Crippen molar-refractivity contribution in [3.05, 3.63) is 0 Å². The average Bonchev–Trinajstić information content (AvgIpc) is 2.60. The number of amides is 1. The van der Waals surface area contributed by atoms with Crippen molar-refractivity contribution in [2.75, 3.05) is 13.1 Å². The fraction of sp³-hybridized carbons (Fsp3) is 0.900. The van der Waals surface area contributed by atoms with Crippen LogP contribution in [0.1, 0.15) is 90.4 Å². The monoisotopic (exact) mass is 355 g/mol. The van der Waals surface area contributed by atoms with Crippen LogP contribution in [0.4, 0.5) is 0 Å². The van der Waals surface area contributed by atoms with Crippen molar-refractivity contribution in [2.45, 2.75) is 96.5 Å². The summed E-state index contributed by atoms with van der Waals surface area (Å²) in [5.41, 5.74) is 0. The summed E-state index contributed by atoms with van der Waals surface area (Å²) >= 11 is 0. The van der Waals surface area contributed by atoms with E-state index < -0.39 is 5.97 Å². The lowest BCUT2D eigenvalue weighted by Crippen LogP contribution is -2.36. The van der Waals surface area contributed by atoms with Crippen molar-refractivity contribution in [3.63, 3.8) is 0 Å². The van der Waals surface area contributed by atoms with Gasteiger partial charge < -0.3 is 15.1 Å². The zero-order chi connectivity index (χ0) is 18.5. The predicted molar refractivity (Wildman–Crippen MR) is 99.4 cm³/mol. The molecule has 2 N–H and O–H groups in total. The molecule has 0 radical (unpaired) electrons. The van der Waals surface area contributed by atoms with Crippen molar-refractivity contribution in [2.24, 2.45) is 5.92 Å². The standard InChI is InChI=1S/C20H37NO4/c1-2-10-19(23)21(15-9-4-3-8-13-20(24)25)16-14-18(22)17-11-6-5-7-12-17/h17-18,22H,2-16H2,1H3,(H,24,25)/t18-/m1/s1. The van der Waals surface area contributed by atoms with E-state index in [0.717, 1.165) is 45.1 Å². The minimum Gasteiger partial charge on any atom is -0.481 e. The second kappa shape index (κ2) is 13.2. The third-order valence-electron chi connectivity index (χ3n) is 5.27. The lowest BCUT2D eigenvalue weighted by atomic mass is 9.84. The van der Waals surface area contributed by atoms with Gasteiger partial charge in [0.05, 0.1) is 6.10 Å². The molecule has 1 atom stereocenters. The van der Waals surface area contributed by atoms with Gasteiger partial charge in [-0.05, 0) is 44.4 Å². The summed E-state index contributed by atoms with van der Waals surface area (Å²) in [5.74, 6) is -0.145. The third kappa shape index (κ3) is 9.83. The number of carbonyl (C=O) groups excluding carboxylic acids is 1. The van der Waals surface area contributed by atoms with E-state index >= 15 is 0 Å². The summed E-state index contributed by atoms with van der Waals surface area (Å²) in [6, 6.07) is 0. The quantitative estimate of drug-likeness (QED) is 0.490. The van der Waals surface area contributed by atoms with E-state index in [1.165, 1.54) is 19.3 Å². The molecule has 1 rings (SSSR count). The van der Waals surface area contributed by atoms with Gasteiger partial charge in [-0.2, -0.15) is 0 Å². The summed E-state index contributed by atoms with van der Waals surface area (Å²) in [6.45, 7) is 3.38. The third-order valence-corrected chi connectivity index (χ3v) is 5.27. The topological polar surface area (TPSA) is 77.8 Å². The molecule has 1 aliphatic carbocycles. The van der Waals surface area contributed by atoms with Gasteiger partial charge in [0, 0.05) is 25.9 Å². The highest BCUT2D eigenvalue weighted by Gasteiger charge is 2.23. The van der Waals surface area contributed by atoms with E-state index in [4.69, 9.17) is 5.11 Å².